The van der Waals surface area contributed by atoms with Crippen molar-refractivity contribution in [3.05, 3.63) is 70.8 Å². The fraction of sp³-hybridized carbons (Fsp3) is 0. The van der Waals surface area contributed by atoms with Crippen molar-refractivity contribution in [1.82, 2.24) is 4.98 Å². The highest BCUT2D eigenvalue weighted by Crippen LogP contribution is 2.36. The number of benzene rings is 2. The molecule has 0 amide bonds. The number of aromatic nitrogens is 1. The van der Waals surface area contributed by atoms with Gasteiger partial charge in [-0.05, 0) is 36.4 Å². The number of fused-ring (bicyclic) bond motifs is 1. The maximum atomic E-state index is 12.9. The third-order valence-electron chi connectivity index (χ3n) is 2.99. The molecule has 0 aliphatic carbocycles. The number of rotatable bonds is 3. The quantitative estimate of drug-likeness (QED) is 0.530. The number of nitrogens with zero attached hydrogens (tertiary/aromatic N) is 2. The lowest BCUT2D eigenvalue weighted by atomic mass is 10.1. The second-order valence-corrected chi connectivity index (χ2v) is 5.43. The Morgan fingerprint density at radius 2 is 1.81 bits per heavy atom. The first kappa shape index (κ1) is 13.5. The number of hydrogen-bond acceptors (Lipinski definition) is 4. The molecular weight excluding hydrogens is 291 g/mol. The smallest absolute Gasteiger partial charge is 0.264 e. The van der Waals surface area contributed by atoms with Crippen molar-refractivity contribution in [2.24, 2.45) is 0 Å². The first-order chi connectivity index (χ1) is 10.1. The normalized spacial score (nSPS) is 10.7. The van der Waals surface area contributed by atoms with Crippen molar-refractivity contribution in [2.75, 3.05) is 0 Å². The highest BCUT2D eigenvalue weighted by molar-refractivity contribution is 7.99. The van der Waals surface area contributed by atoms with Gasteiger partial charge in [0, 0.05) is 33.6 Å². The molecule has 21 heavy (non-hydrogen) atoms. The summed E-state index contributed by atoms with van der Waals surface area (Å²) in [5.41, 5.74) is 0.0292. The van der Waals surface area contributed by atoms with Gasteiger partial charge in [-0.15, -0.1) is 0 Å². The van der Waals surface area contributed by atoms with E-state index in [9.17, 15) is 14.5 Å². The number of non-ortho nitro benzene ring substituents is 1. The van der Waals surface area contributed by atoms with Crippen molar-refractivity contribution in [2.45, 2.75) is 9.79 Å². The lowest BCUT2D eigenvalue weighted by Crippen LogP contribution is -1.91. The van der Waals surface area contributed by atoms with Gasteiger partial charge in [-0.2, -0.15) is 0 Å². The van der Waals surface area contributed by atoms with Gasteiger partial charge in [0.15, 0.2) is 0 Å². The van der Waals surface area contributed by atoms with E-state index in [1.807, 2.05) is 0 Å². The van der Waals surface area contributed by atoms with Gasteiger partial charge >= 0.3 is 0 Å². The molecule has 0 aliphatic rings. The number of nitro groups is 1. The summed E-state index contributed by atoms with van der Waals surface area (Å²) in [6, 6.07) is 11.0. The van der Waals surface area contributed by atoms with E-state index >= 15 is 0 Å². The molecule has 0 N–H and O–H groups in total. The standard InChI is InChI=1S/C15H9FN2O2S/c16-10-1-3-11(4-2-10)21-15-6-5-14(18(19)20)13-9-17-8-7-12(13)15/h1-9H. The van der Waals surface area contributed by atoms with Crippen molar-refractivity contribution in [3.63, 3.8) is 0 Å². The minimum absolute atomic E-state index is 0.0292. The minimum atomic E-state index is -0.420. The van der Waals surface area contributed by atoms with Crippen LogP contribution in [0.5, 0.6) is 0 Å². The zero-order valence-corrected chi connectivity index (χ0v) is 11.5. The number of halogens is 1. The van der Waals surface area contributed by atoms with Crippen LogP contribution in [0.3, 0.4) is 0 Å². The predicted molar refractivity (Wildman–Crippen MR) is 78.9 cm³/mol. The van der Waals surface area contributed by atoms with Gasteiger partial charge in [0.2, 0.25) is 0 Å². The van der Waals surface area contributed by atoms with Gasteiger partial charge in [0.1, 0.15) is 5.82 Å². The minimum Gasteiger partial charge on any atom is -0.264 e. The molecule has 0 saturated heterocycles. The van der Waals surface area contributed by atoms with E-state index < -0.39 is 4.92 Å². The van der Waals surface area contributed by atoms with E-state index in [1.54, 1.807) is 30.5 Å². The van der Waals surface area contributed by atoms with Crippen LogP contribution < -0.4 is 0 Å². The van der Waals surface area contributed by atoms with E-state index in [4.69, 9.17) is 0 Å². The highest BCUT2D eigenvalue weighted by atomic mass is 32.2. The van der Waals surface area contributed by atoms with E-state index in [0.29, 0.717) is 5.39 Å². The summed E-state index contributed by atoms with van der Waals surface area (Å²) in [6.07, 6.45) is 3.09. The van der Waals surface area contributed by atoms with Gasteiger partial charge in [-0.1, -0.05) is 11.8 Å². The molecule has 6 heteroatoms. The number of nitro benzene ring substituents is 1. The summed E-state index contributed by atoms with van der Waals surface area (Å²) in [6.45, 7) is 0. The Labute approximate surface area is 123 Å². The summed E-state index contributed by atoms with van der Waals surface area (Å²) in [5, 5.41) is 12.3. The molecule has 0 spiro atoms. The largest absolute Gasteiger partial charge is 0.278 e. The third-order valence-corrected chi connectivity index (χ3v) is 4.08. The molecule has 1 heterocycles. The van der Waals surface area contributed by atoms with Crippen LogP contribution >= 0.6 is 11.8 Å². The first-order valence-electron chi connectivity index (χ1n) is 6.10. The number of pyridine rings is 1. The van der Waals surface area contributed by atoms with E-state index in [2.05, 4.69) is 4.98 Å². The SMILES string of the molecule is O=[N+]([O-])c1ccc(Sc2ccc(F)cc2)c2ccncc12. The monoisotopic (exact) mass is 300 g/mol. The molecule has 104 valence electrons. The summed E-state index contributed by atoms with van der Waals surface area (Å²) < 4.78 is 12.9. The van der Waals surface area contributed by atoms with Gasteiger partial charge < -0.3 is 0 Å². The zero-order chi connectivity index (χ0) is 14.8. The number of hydrogen-bond donors (Lipinski definition) is 0. The van der Waals surface area contributed by atoms with Gasteiger partial charge in [0.05, 0.1) is 10.3 Å². The average Bonchev–Trinajstić information content (AvgIpc) is 2.49. The van der Waals surface area contributed by atoms with Crippen LogP contribution in [0.2, 0.25) is 0 Å². The third kappa shape index (κ3) is 2.71. The molecule has 0 unspecified atom stereocenters. The zero-order valence-electron chi connectivity index (χ0n) is 10.7. The molecule has 0 radical (unpaired) electrons. The lowest BCUT2D eigenvalue weighted by molar-refractivity contribution is -0.383. The Bertz CT molecular complexity index is 822. The van der Waals surface area contributed by atoms with E-state index in [1.165, 1.54) is 36.2 Å². The molecule has 0 atom stereocenters. The van der Waals surface area contributed by atoms with Crippen LogP contribution in [-0.4, -0.2) is 9.91 Å². The van der Waals surface area contributed by atoms with Crippen molar-refractivity contribution in [3.8, 4) is 0 Å². The summed E-state index contributed by atoms with van der Waals surface area (Å²) in [7, 11) is 0. The average molecular weight is 300 g/mol. The molecule has 1 aromatic heterocycles. The molecule has 2 aromatic carbocycles. The van der Waals surface area contributed by atoms with Crippen LogP contribution in [0.4, 0.5) is 10.1 Å². The second kappa shape index (κ2) is 5.49. The lowest BCUT2D eigenvalue weighted by Gasteiger charge is -2.06. The Kier molecular flexibility index (Phi) is 3.53. The Morgan fingerprint density at radius 1 is 1.05 bits per heavy atom. The van der Waals surface area contributed by atoms with Gasteiger partial charge in [-0.25, -0.2) is 4.39 Å². The molecule has 0 bridgehead atoms. The maximum absolute atomic E-state index is 12.9. The van der Waals surface area contributed by atoms with Crippen LogP contribution in [0.15, 0.2) is 64.6 Å². The molecule has 0 aliphatic heterocycles. The molecule has 0 fully saturated rings. The predicted octanol–water partition coefficient (Wildman–Crippen LogP) is 4.43. The Balaban J connectivity index is 2.09. The second-order valence-electron chi connectivity index (χ2n) is 4.32. The first-order valence-corrected chi connectivity index (χ1v) is 6.91. The topological polar surface area (TPSA) is 56.0 Å². The van der Waals surface area contributed by atoms with E-state index in [0.717, 1.165) is 15.2 Å². The van der Waals surface area contributed by atoms with Gasteiger partial charge in [-0.3, -0.25) is 15.1 Å². The molecule has 3 rings (SSSR count). The molecule has 4 nitrogen and oxygen atoms in total. The van der Waals surface area contributed by atoms with Crippen LogP contribution in [0.25, 0.3) is 10.8 Å². The van der Waals surface area contributed by atoms with Crippen LogP contribution in [0.1, 0.15) is 0 Å². The van der Waals surface area contributed by atoms with Crippen molar-refractivity contribution >= 4 is 28.2 Å². The van der Waals surface area contributed by atoms with Crippen LogP contribution in [0, 0.1) is 15.9 Å². The Morgan fingerprint density at radius 3 is 2.52 bits per heavy atom. The summed E-state index contributed by atoms with van der Waals surface area (Å²) in [5.74, 6) is -0.294. The summed E-state index contributed by atoms with van der Waals surface area (Å²) >= 11 is 1.43. The maximum Gasteiger partial charge on any atom is 0.278 e. The van der Waals surface area contributed by atoms with Gasteiger partial charge in [0.25, 0.3) is 5.69 Å². The molecule has 0 saturated carbocycles. The molecular formula is C15H9FN2O2S. The van der Waals surface area contributed by atoms with E-state index in [-0.39, 0.29) is 11.5 Å². The highest BCUT2D eigenvalue weighted by Gasteiger charge is 2.14. The van der Waals surface area contributed by atoms with Crippen molar-refractivity contribution in [1.29, 1.82) is 0 Å². The Hall–Kier alpha value is -2.47. The van der Waals surface area contributed by atoms with Crippen molar-refractivity contribution < 1.29 is 9.31 Å². The fourth-order valence-corrected chi connectivity index (χ4v) is 2.98. The van der Waals surface area contributed by atoms with Crippen LogP contribution in [-0.2, 0) is 0 Å². The molecule has 3 aromatic rings. The fourth-order valence-electron chi connectivity index (χ4n) is 2.03. The summed E-state index contributed by atoms with van der Waals surface area (Å²) in [4.78, 5) is 16.3.